The number of methoxy groups -OCH3 is 2. The van der Waals surface area contributed by atoms with Crippen molar-refractivity contribution in [2.45, 2.75) is 38.5 Å². The van der Waals surface area contributed by atoms with Gasteiger partial charge in [-0.05, 0) is 19.3 Å². The van der Waals surface area contributed by atoms with Crippen LogP contribution in [0.25, 0.3) is 0 Å². The highest BCUT2D eigenvalue weighted by molar-refractivity contribution is 5.75. The lowest BCUT2D eigenvalue weighted by Gasteiger charge is -2.37. The smallest absolute Gasteiger partial charge is 0.317 e. The summed E-state index contributed by atoms with van der Waals surface area (Å²) in [6, 6.07) is -0.0385. The monoisotopic (exact) mass is 399 g/mol. The molecule has 160 valence electrons. The number of rotatable bonds is 15. The molecule has 0 atom stereocenters. The first-order valence-electron chi connectivity index (χ1n) is 9.82. The van der Waals surface area contributed by atoms with Crippen molar-refractivity contribution in [1.82, 2.24) is 25.2 Å². The zero-order valence-electron chi connectivity index (χ0n) is 17.0. The van der Waals surface area contributed by atoms with Gasteiger partial charge in [0.05, 0.1) is 45.2 Å². The van der Waals surface area contributed by atoms with Gasteiger partial charge in [0.25, 0.3) is 0 Å². The highest BCUT2D eigenvalue weighted by Gasteiger charge is 2.29. The second-order valence-electron chi connectivity index (χ2n) is 6.69. The number of ether oxygens (including phenoxy) is 4. The molecule has 0 radical (unpaired) electrons. The Morgan fingerprint density at radius 3 is 2.75 bits per heavy atom. The average Bonchev–Trinajstić information content (AvgIpc) is 3.11. The quantitative estimate of drug-likeness (QED) is 0.433. The minimum absolute atomic E-state index is 0.0385. The van der Waals surface area contributed by atoms with Gasteiger partial charge in [-0.3, -0.25) is 4.68 Å². The van der Waals surface area contributed by atoms with Crippen LogP contribution in [0.5, 0.6) is 0 Å². The SMILES string of the molecule is COCCCCn1cc(COCCOCCCNC(=O)N2CC(OC)C2)nn1. The van der Waals surface area contributed by atoms with Gasteiger partial charge in [0.1, 0.15) is 5.69 Å². The Labute approximate surface area is 166 Å². The van der Waals surface area contributed by atoms with Gasteiger partial charge in [-0.1, -0.05) is 5.21 Å². The van der Waals surface area contributed by atoms with Crippen LogP contribution in [-0.2, 0) is 32.1 Å². The molecular weight excluding hydrogens is 366 g/mol. The molecule has 1 aliphatic heterocycles. The predicted octanol–water partition coefficient (Wildman–Crippen LogP) is 0.668. The van der Waals surface area contributed by atoms with Crippen molar-refractivity contribution in [2.24, 2.45) is 0 Å². The summed E-state index contributed by atoms with van der Waals surface area (Å²) in [5, 5.41) is 11.0. The fourth-order valence-corrected chi connectivity index (χ4v) is 2.67. The van der Waals surface area contributed by atoms with Crippen molar-refractivity contribution in [1.29, 1.82) is 0 Å². The second-order valence-corrected chi connectivity index (χ2v) is 6.69. The zero-order chi connectivity index (χ0) is 20.0. The fraction of sp³-hybridized carbons (Fsp3) is 0.833. The average molecular weight is 399 g/mol. The molecule has 0 spiro atoms. The van der Waals surface area contributed by atoms with E-state index in [-0.39, 0.29) is 12.1 Å². The highest BCUT2D eigenvalue weighted by atomic mass is 16.5. The van der Waals surface area contributed by atoms with Gasteiger partial charge < -0.3 is 29.2 Å². The summed E-state index contributed by atoms with van der Waals surface area (Å²) in [5.74, 6) is 0. The van der Waals surface area contributed by atoms with E-state index in [2.05, 4.69) is 15.6 Å². The van der Waals surface area contributed by atoms with Crippen LogP contribution in [0.4, 0.5) is 4.79 Å². The third kappa shape index (κ3) is 8.51. The minimum Gasteiger partial charge on any atom is -0.385 e. The van der Waals surface area contributed by atoms with E-state index in [9.17, 15) is 4.79 Å². The maximum absolute atomic E-state index is 11.8. The van der Waals surface area contributed by atoms with Gasteiger partial charge >= 0.3 is 6.03 Å². The Morgan fingerprint density at radius 1 is 1.14 bits per heavy atom. The molecule has 1 aromatic heterocycles. The molecule has 0 aliphatic carbocycles. The van der Waals surface area contributed by atoms with E-state index in [0.29, 0.717) is 46.1 Å². The van der Waals surface area contributed by atoms with Crippen molar-refractivity contribution < 1.29 is 23.7 Å². The number of carbonyl (C=O) groups excluding carboxylic acids is 1. The maximum atomic E-state index is 11.8. The van der Waals surface area contributed by atoms with Crippen molar-refractivity contribution in [2.75, 3.05) is 60.3 Å². The van der Waals surface area contributed by atoms with Crippen molar-refractivity contribution in [3.05, 3.63) is 11.9 Å². The zero-order valence-corrected chi connectivity index (χ0v) is 17.0. The van der Waals surface area contributed by atoms with Crippen molar-refractivity contribution in [3.8, 4) is 0 Å². The summed E-state index contributed by atoms with van der Waals surface area (Å²) in [7, 11) is 3.37. The lowest BCUT2D eigenvalue weighted by atomic mass is 10.2. The number of likely N-dealkylation sites (tertiary alicyclic amines) is 1. The summed E-state index contributed by atoms with van der Waals surface area (Å²) >= 11 is 0. The molecule has 1 saturated heterocycles. The summed E-state index contributed by atoms with van der Waals surface area (Å²) < 4.78 is 23.0. The molecular formula is C18H33N5O5. The number of hydrogen-bond acceptors (Lipinski definition) is 7. The maximum Gasteiger partial charge on any atom is 0.317 e. The molecule has 1 aliphatic rings. The van der Waals surface area contributed by atoms with Crippen LogP contribution in [0.1, 0.15) is 25.0 Å². The number of aromatic nitrogens is 3. The summed E-state index contributed by atoms with van der Waals surface area (Å²) in [6.07, 6.45) is 4.88. The lowest BCUT2D eigenvalue weighted by molar-refractivity contribution is -0.00778. The number of nitrogens with zero attached hydrogens (tertiary/aromatic N) is 4. The number of aryl methyl sites for hydroxylation is 1. The van der Waals surface area contributed by atoms with Gasteiger partial charge in [-0.15, -0.1) is 5.10 Å². The van der Waals surface area contributed by atoms with Crippen molar-refractivity contribution in [3.63, 3.8) is 0 Å². The standard InChI is InChI=1S/C18H33N5O5/c1-25-8-4-3-7-23-12-16(20-21-23)15-28-11-10-27-9-5-6-19-18(24)22-13-17(14-22)26-2/h12,17H,3-11,13-15H2,1-2H3,(H,19,24). The van der Waals surface area contributed by atoms with Crippen LogP contribution < -0.4 is 5.32 Å². The van der Waals surface area contributed by atoms with Crippen LogP contribution in [0.3, 0.4) is 0 Å². The Morgan fingerprint density at radius 2 is 1.96 bits per heavy atom. The van der Waals surface area contributed by atoms with E-state index in [1.807, 2.05) is 10.9 Å². The van der Waals surface area contributed by atoms with E-state index < -0.39 is 0 Å². The second kappa shape index (κ2) is 13.4. The van der Waals surface area contributed by atoms with Gasteiger partial charge in [0.2, 0.25) is 0 Å². The van der Waals surface area contributed by atoms with E-state index in [0.717, 1.165) is 38.1 Å². The normalized spacial score (nSPS) is 14.3. The molecule has 0 aromatic carbocycles. The van der Waals surface area contributed by atoms with Crippen molar-refractivity contribution >= 4 is 6.03 Å². The van der Waals surface area contributed by atoms with Gasteiger partial charge in [-0.25, -0.2) is 4.79 Å². The molecule has 1 aromatic rings. The molecule has 10 heteroatoms. The molecule has 0 unspecified atom stereocenters. The topological polar surface area (TPSA) is 100.0 Å². The highest BCUT2D eigenvalue weighted by Crippen LogP contribution is 2.10. The molecule has 10 nitrogen and oxygen atoms in total. The van der Waals surface area contributed by atoms with E-state index in [1.165, 1.54) is 0 Å². The van der Waals surface area contributed by atoms with Crippen LogP contribution in [0, 0.1) is 0 Å². The molecule has 28 heavy (non-hydrogen) atoms. The number of amides is 2. The van der Waals surface area contributed by atoms with E-state index in [1.54, 1.807) is 19.1 Å². The number of unbranched alkanes of at least 4 members (excludes halogenated alkanes) is 1. The molecule has 2 heterocycles. The molecule has 0 bridgehead atoms. The van der Waals surface area contributed by atoms with Gasteiger partial charge in [0, 0.05) is 40.5 Å². The van der Waals surface area contributed by atoms with E-state index in [4.69, 9.17) is 18.9 Å². The van der Waals surface area contributed by atoms with Crippen LogP contribution >= 0.6 is 0 Å². The molecule has 2 amide bonds. The summed E-state index contributed by atoms with van der Waals surface area (Å²) in [5.41, 5.74) is 0.816. The fourth-order valence-electron chi connectivity index (χ4n) is 2.67. The Kier molecular flexibility index (Phi) is 10.8. The Bertz CT molecular complexity index is 550. The Hall–Kier alpha value is -1.75. The number of urea groups is 1. The van der Waals surface area contributed by atoms with Crippen LogP contribution in [0.2, 0.25) is 0 Å². The molecule has 1 fully saturated rings. The molecule has 0 saturated carbocycles. The van der Waals surface area contributed by atoms with E-state index >= 15 is 0 Å². The first-order valence-corrected chi connectivity index (χ1v) is 9.82. The number of nitrogens with one attached hydrogen (secondary N) is 1. The minimum atomic E-state index is -0.0385. The first-order chi connectivity index (χ1) is 13.7. The Balaban J connectivity index is 1.38. The van der Waals surface area contributed by atoms with Gasteiger partial charge in [-0.2, -0.15) is 0 Å². The van der Waals surface area contributed by atoms with Gasteiger partial charge in [0.15, 0.2) is 0 Å². The number of carbonyl (C=O) groups is 1. The first kappa shape index (κ1) is 22.5. The largest absolute Gasteiger partial charge is 0.385 e. The lowest BCUT2D eigenvalue weighted by Crippen LogP contribution is -2.57. The van der Waals surface area contributed by atoms with Crippen LogP contribution in [-0.4, -0.2) is 92.3 Å². The number of hydrogen-bond donors (Lipinski definition) is 1. The third-order valence-corrected chi connectivity index (χ3v) is 4.40. The molecule has 1 N–H and O–H groups in total. The third-order valence-electron chi connectivity index (χ3n) is 4.40. The predicted molar refractivity (Wildman–Crippen MR) is 102 cm³/mol. The van der Waals surface area contributed by atoms with Crippen LogP contribution in [0.15, 0.2) is 6.20 Å². The summed E-state index contributed by atoms with van der Waals surface area (Å²) in [4.78, 5) is 13.5. The summed E-state index contributed by atoms with van der Waals surface area (Å²) in [6.45, 7) is 5.56. The molecule has 2 rings (SSSR count).